The molecule has 0 atom stereocenters. The molecule has 0 aliphatic heterocycles. The Kier molecular flexibility index (Phi) is 5.42. The molecule has 0 radical (unpaired) electrons. The zero-order chi connectivity index (χ0) is 20.2. The van der Waals surface area contributed by atoms with Gasteiger partial charge in [-0.05, 0) is 24.3 Å². The summed E-state index contributed by atoms with van der Waals surface area (Å²) >= 11 is 2.67. The summed E-state index contributed by atoms with van der Waals surface area (Å²) in [7, 11) is 0. The quantitative estimate of drug-likeness (QED) is 0.452. The molecule has 0 saturated carbocycles. The highest BCUT2D eigenvalue weighted by Gasteiger charge is 2.15. The predicted octanol–water partition coefficient (Wildman–Crippen LogP) is 4.14. The highest BCUT2D eigenvalue weighted by Crippen LogP contribution is 2.32. The molecule has 4 aromatic rings. The van der Waals surface area contributed by atoms with Crippen LogP contribution in [0.1, 0.15) is 21.6 Å². The summed E-state index contributed by atoms with van der Waals surface area (Å²) in [4.78, 5) is 31.1. The summed E-state index contributed by atoms with van der Waals surface area (Å²) in [5, 5.41) is 11.0. The molecule has 0 unspecified atom stereocenters. The molecule has 4 rings (SSSR count). The van der Waals surface area contributed by atoms with Crippen molar-refractivity contribution in [3.05, 3.63) is 93.3 Å². The number of esters is 1. The first kappa shape index (κ1) is 18.9. The van der Waals surface area contributed by atoms with Gasteiger partial charge in [-0.25, -0.2) is 9.78 Å². The van der Waals surface area contributed by atoms with E-state index < -0.39 is 5.97 Å². The van der Waals surface area contributed by atoms with Gasteiger partial charge >= 0.3 is 5.97 Å². The van der Waals surface area contributed by atoms with Gasteiger partial charge in [0.15, 0.2) is 4.96 Å². The summed E-state index contributed by atoms with van der Waals surface area (Å²) < 4.78 is 6.85. The van der Waals surface area contributed by atoms with Crippen LogP contribution in [0.3, 0.4) is 0 Å². The van der Waals surface area contributed by atoms with Gasteiger partial charge in [0.1, 0.15) is 12.7 Å². The van der Waals surface area contributed by atoms with Gasteiger partial charge < -0.3 is 4.74 Å². The topological polar surface area (TPSA) is 84.5 Å². The van der Waals surface area contributed by atoms with Crippen LogP contribution in [0.15, 0.2) is 80.8 Å². The highest BCUT2D eigenvalue weighted by atomic mass is 32.2. The van der Waals surface area contributed by atoms with Crippen LogP contribution in [0.25, 0.3) is 4.96 Å². The van der Waals surface area contributed by atoms with Gasteiger partial charge in [-0.3, -0.25) is 9.20 Å². The fraction of sp³-hybridized carbons (Fsp3) is 0.0476. The van der Waals surface area contributed by atoms with E-state index in [-0.39, 0.29) is 12.2 Å². The number of nitriles is 1. The summed E-state index contributed by atoms with van der Waals surface area (Å²) in [6, 6.07) is 17.8. The van der Waals surface area contributed by atoms with Gasteiger partial charge in [-0.15, -0.1) is 11.3 Å². The molecule has 0 aliphatic carbocycles. The first-order chi connectivity index (χ1) is 14.2. The Morgan fingerprint density at radius 1 is 1.17 bits per heavy atom. The molecule has 29 heavy (non-hydrogen) atoms. The molecule has 2 aromatic heterocycles. The number of hydrogen-bond donors (Lipinski definition) is 0. The van der Waals surface area contributed by atoms with Crippen LogP contribution < -0.4 is 5.56 Å². The molecular weight excluding hydrogens is 406 g/mol. The van der Waals surface area contributed by atoms with Crippen molar-refractivity contribution in [2.45, 2.75) is 16.4 Å². The van der Waals surface area contributed by atoms with Gasteiger partial charge in [-0.1, -0.05) is 36.0 Å². The van der Waals surface area contributed by atoms with Crippen LogP contribution in [0.4, 0.5) is 0 Å². The fourth-order valence-corrected chi connectivity index (χ4v) is 4.42. The summed E-state index contributed by atoms with van der Waals surface area (Å²) in [6.07, 6.45) is 1.65. The lowest BCUT2D eigenvalue weighted by atomic mass is 10.2. The first-order valence-corrected chi connectivity index (χ1v) is 10.2. The molecule has 0 bridgehead atoms. The van der Waals surface area contributed by atoms with E-state index in [2.05, 4.69) is 11.1 Å². The van der Waals surface area contributed by atoms with E-state index in [0.29, 0.717) is 26.7 Å². The highest BCUT2D eigenvalue weighted by molar-refractivity contribution is 7.99. The van der Waals surface area contributed by atoms with E-state index in [1.54, 1.807) is 41.9 Å². The van der Waals surface area contributed by atoms with E-state index in [0.717, 1.165) is 4.90 Å². The molecule has 0 fully saturated rings. The molecule has 0 N–H and O–H groups in total. The fourth-order valence-electron chi connectivity index (χ4n) is 2.67. The van der Waals surface area contributed by atoms with Crippen molar-refractivity contribution in [2.24, 2.45) is 0 Å². The third-order valence-corrected chi connectivity index (χ3v) is 5.95. The van der Waals surface area contributed by atoms with Crippen molar-refractivity contribution < 1.29 is 9.53 Å². The molecule has 2 aromatic carbocycles. The van der Waals surface area contributed by atoms with Crippen molar-refractivity contribution in [1.29, 1.82) is 5.26 Å². The maximum atomic E-state index is 12.7. The van der Waals surface area contributed by atoms with Crippen LogP contribution in [0.2, 0.25) is 0 Å². The maximum absolute atomic E-state index is 12.7. The third-order valence-electron chi connectivity index (χ3n) is 4.04. The molecule has 2 heterocycles. The lowest BCUT2D eigenvalue weighted by molar-refractivity contribution is 0.0463. The summed E-state index contributed by atoms with van der Waals surface area (Å²) in [6.45, 7) is -0.101. The van der Waals surface area contributed by atoms with Gasteiger partial charge in [0, 0.05) is 27.4 Å². The van der Waals surface area contributed by atoms with E-state index in [1.807, 2.05) is 18.2 Å². The molecule has 0 spiro atoms. The van der Waals surface area contributed by atoms with E-state index >= 15 is 0 Å². The minimum atomic E-state index is -0.518. The van der Waals surface area contributed by atoms with Crippen LogP contribution in [-0.2, 0) is 11.3 Å². The Bertz CT molecular complexity index is 1300. The minimum absolute atomic E-state index is 0.101. The second kappa shape index (κ2) is 8.31. The van der Waals surface area contributed by atoms with E-state index in [9.17, 15) is 14.9 Å². The Morgan fingerprint density at radius 2 is 1.93 bits per heavy atom. The van der Waals surface area contributed by atoms with Crippen molar-refractivity contribution in [3.63, 3.8) is 0 Å². The number of hydrogen-bond acceptors (Lipinski definition) is 7. The number of carbonyl (C=O) groups excluding carboxylic acids is 1. The van der Waals surface area contributed by atoms with Gasteiger partial charge in [-0.2, -0.15) is 5.26 Å². The zero-order valence-corrected chi connectivity index (χ0v) is 16.6. The Balaban J connectivity index is 1.54. The maximum Gasteiger partial charge on any atom is 0.339 e. The molecule has 8 heteroatoms. The van der Waals surface area contributed by atoms with Crippen LogP contribution in [0.5, 0.6) is 0 Å². The molecule has 0 saturated heterocycles. The zero-order valence-electron chi connectivity index (χ0n) is 14.9. The minimum Gasteiger partial charge on any atom is -0.456 e. The Labute approximate surface area is 174 Å². The summed E-state index contributed by atoms with van der Waals surface area (Å²) in [5.41, 5.74) is 1.10. The number of carbonyl (C=O) groups is 1. The lowest BCUT2D eigenvalue weighted by Crippen LogP contribution is -2.15. The molecule has 0 aliphatic rings. The number of ether oxygens (including phenoxy) is 1. The predicted molar refractivity (Wildman–Crippen MR) is 110 cm³/mol. The average Bonchev–Trinajstić information content (AvgIpc) is 3.22. The lowest BCUT2D eigenvalue weighted by Gasteiger charge is -2.10. The largest absolute Gasteiger partial charge is 0.456 e. The Hall–Kier alpha value is -3.41. The van der Waals surface area contributed by atoms with Crippen LogP contribution >= 0.6 is 23.1 Å². The second-order valence-electron chi connectivity index (χ2n) is 5.92. The second-order valence-corrected chi connectivity index (χ2v) is 7.88. The summed E-state index contributed by atoms with van der Waals surface area (Å²) in [5.74, 6) is -0.518. The van der Waals surface area contributed by atoms with Crippen molar-refractivity contribution in [2.75, 3.05) is 0 Å². The number of benzene rings is 2. The third kappa shape index (κ3) is 4.06. The normalized spacial score (nSPS) is 10.6. The molecule has 142 valence electrons. The number of aromatic nitrogens is 2. The van der Waals surface area contributed by atoms with Crippen molar-refractivity contribution in [3.8, 4) is 6.07 Å². The number of fused-ring (bicyclic) bond motifs is 1. The Morgan fingerprint density at radius 3 is 2.76 bits per heavy atom. The van der Waals surface area contributed by atoms with Crippen molar-refractivity contribution in [1.82, 2.24) is 9.38 Å². The monoisotopic (exact) mass is 419 g/mol. The number of nitrogens with zero attached hydrogens (tertiary/aromatic N) is 3. The van der Waals surface area contributed by atoms with Gasteiger partial charge in [0.2, 0.25) is 0 Å². The molecule has 0 amide bonds. The number of rotatable bonds is 5. The SMILES string of the molecule is N#Cc1ccccc1Sc1ccccc1C(=O)OCc1cc(=O)n2ccsc2n1. The number of thiazole rings is 1. The van der Waals surface area contributed by atoms with Crippen LogP contribution in [-0.4, -0.2) is 15.4 Å². The van der Waals surface area contributed by atoms with E-state index in [1.165, 1.54) is 33.6 Å². The first-order valence-electron chi connectivity index (χ1n) is 8.54. The molecule has 6 nitrogen and oxygen atoms in total. The van der Waals surface area contributed by atoms with Crippen LogP contribution in [0, 0.1) is 11.3 Å². The smallest absolute Gasteiger partial charge is 0.339 e. The van der Waals surface area contributed by atoms with Crippen molar-refractivity contribution >= 4 is 34.0 Å². The van der Waals surface area contributed by atoms with E-state index in [4.69, 9.17) is 4.74 Å². The molecular formula is C21H13N3O3S2. The van der Waals surface area contributed by atoms with Gasteiger partial charge in [0.25, 0.3) is 5.56 Å². The van der Waals surface area contributed by atoms with Gasteiger partial charge in [0.05, 0.1) is 16.8 Å². The average molecular weight is 419 g/mol. The standard InChI is InChI=1S/C21H13N3O3S2/c22-12-14-5-1-3-7-17(14)29-18-8-4-2-6-16(18)20(26)27-13-15-11-19(25)24-9-10-28-21(24)23-15/h1-11H,13H2.